The maximum atomic E-state index is 11.5. The molecule has 0 saturated carbocycles. The van der Waals surface area contributed by atoms with Gasteiger partial charge in [-0.2, -0.15) is 0 Å². The molecule has 2 nitrogen and oxygen atoms in total. The number of carbonyl (C=O) groups is 1. The lowest BCUT2D eigenvalue weighted by molar-refractivity contribution is -0.120. The van der Waals surface area contributed by atoms with Gasteiger partial charge in [0.2, 0.25) is 5.91 Å². The number of benzene rings is 1. The third-order valence-corrected chi connectivity index (χ3v) is 3.98. The van der Waals surface area contributed by atoms with Crippen molar-refractivity contribution in [3.05, 3.63) is 29.3 Å². The van der Waals surface area contributed by atoms with Gasteiger partial charge in [0.15, 0.2) is 0 Å². The molecule has 0 aliphatic rings. The highest BCUT2D eigenvalue weighted by atomic mass is 35.5. The molecule has 0 radical (unpaired) electrons. The van der Waals surface area contributed by atoms with Gasteiger partial charge >= 0.3 is 0 Å². The number of carbonyl (C=O) groups excluding carboxylic acids is 1. The average Bonchev–Trinajstić information content (AvgIpc) is 2.31. The summed E-state index contributed by atoms with van der Waals surface area (Å²) in [5, 5.41) is 3.68. The van der Waals surface area contributed by atoms with Crippen molar-refractivity contribution in [3.63, 3.8) is 0 Å². The van der Waals surface area contributed by atoms with Crippen molar-refractivity contribution in [1.29, 1.82) is 0 Å². The Morgan fingerprint density at radius 3 is 2.78 bits per heavy atom. The molecule has 0 unspecified atom stereocenters. The minimum absolute atomic E-state index is 0.121. The van der Waals surface area contributed by atoms with Crippen molar-refractivity contribution < 1.29 is 4.79 Å². The summed E-state index contributed by atoms with van der Waals surface area (Å²) in [5.74, 6) is 1.51. The number of amides is 1. The van der Waals surface area contributed by atoms with Gasteiger partial charge in [-0.1, -0.05) is 37.6 Å². The van der Waals surface area contributed by atoms with Crippen LogP contribution in [-0.4, -0.2) is 18.2 Å². The number of halogens is 1. The van der Waals surface area contributed by atoms with E-state index in [1.165, 1.54) is 0 Å². The Balaban J connectivity index is 2.18. The summed E-state index contributed by atoms with van der Waals surface area (Å²) in [5.41, 5.74) is 0. The summed E-state index contributed by atoms with van der Waals surface area (Å²) in [6.07, 6.45) is 1.57. The standard InChI is InChI=1S/C14H20ClNOS/c1-11(2)7-9-16-14(17)8-10-18-13-6-4-3-5-12(13)15/h3-6,11H,7-10H2,1-2H3,(H,16,17). The van der Waals surface area contributed by atoms with Crippen LogP contribution in [-0.2, 0) is 4.79 Å². The lowest BCUT2D eigenvalue weighted by atomic mass is 10.1. The molecule has 1 rings (SSSR count). The minimum atomic E-state index is 0.121. The summed E-state index contributed by atoms with van der Waals surface area (Å²) in [6, 6.07) is 7.71. The fraction of sp³-hybridized carbons (Fsp3) is 0.500. The van der Waals surface area contributed by atoms with Gasteiger partial charge in [0, 0.05) is 23.6 Å². The quantitative estimate of drug-likeness (QED) is 0.768. The zero-order valence-corrected chi connectivity index (χ0v) is 12.5. The van der Waals surface area contributed by atoms with Crippen LogP contribution in [0.4, 0.5) is 0 Å². The molecule has 1 amide bonds. The molecule has 0 saturated heterocycles. The van der Waals surface area contributed by atoms with Crippen LogP contribution in [0.15, 0.2) is 29.2 Å². The molecule has 0 spiro atoms. The normalized spacial score (nSPS) is 10.7. The third kappa shape index (κ3) is 6.31. The van der Waals surface area contributed by atoms with Gasteiger partial charge in [-0.15, -0.1) is 11.8 Å². The van der Waals surface area contributed by atoms with E-state index in [9.17, 15) is 4.79 Å². The lowest BCUT2D eigenvalue weighted by Crippen LogP contribution is -2.25. The van der Waals surface area contributed by atoms with Crippen molar-refractivity contribution in [2.75, 3.05) is 12.3 Å². The summed E-state index contributed by atoms with van der Waals surface area (Å²) in [7, 11) is 0. The van der Waals surface area contributed by atoms with Gasteiger partial charge in [0.25, 0.3) is 0 Å². The van der Waals surface area contributed by atoms with E-state index in [1.807, 2.05) is 24.3 Å². The molecule has 0 bridgehead atoms. The van der Waals surface area contributed by atoms with Gasteiger partial charge in [0.1, 0.15) is 0 Å². The monoisotopic (exact) mass is 285 g/mol. The molecular formula is C14H20ClNOS. The summed E-state index contributed by atoms with van der Waals surface area (Å²) >= 11 is 7.66. The van der Waals surface area contributed by atoms with Gasteiger partial charge in [0.05, 0.1) is 5.02 Å². The highest BCUT2D eigenvalue weighted by Gasteiger charge is 2.04. The van der Waals surface area contributed by atoms with Crippen LogP contribution in [0.5, 0.6) is 0 Å². The Morgan fingerprint density at radius 2 is 2.11 bits per heavy atom. The lowest BCUT2D eigenvalue weighted by Gasteiger charge is -2.07. The average molecular weight is 286 g/mol. The van der Waals surface area contributed by atoms with Crippen LogP contribution >= 0.6 is 23.4 Å². The van der Waals surface area contributed by atoms with Gasteiger partial charge in [-0.05, 0) is 24.5 Å². The first-order chi connectivity index (χ1) is 8.59. The largest absolute Gasteiger partial charge is 0.356 e. The highest BCUT2D eigenvalue weighted by Crippen LogP contribution is 2.26. The van der Waals surface area contributed by atoms with Crippen LogP contribution < -0.4 is 5.32 Å². The van der Waals surface area contributed by atoms with Gasteiger partial charge < -0.3 is 5.32 Å². The van der Waals surface area contributed by atoms with Crippen molar-refractivity contribution in [2.24, 2.45) is 5.92 Å². The molecule has 1 aromatic carbocycles. The van der Waals surface area contributed by atoms with E-state index >= 15 is 0 Å². The Hall–Kier alpha value is -0.670. The number of thioether (sulfide) groups is 1. The molecule has 0 fully saturated rings. The first-order valence-electron chi connectivity index (χ1n) is 6.23. The zero-order valence-electron chi connectivity index (χ0n) is 10.9. The predicted octanol–water partition coefficient (Wildman–Crippen LogP) is 3.98. The molecule has 0 aromatic heterocycles. The maximum Gasteiger partial charge on any atom is 0.220 e. The SMILES string of the molecule is CC(C)CCNC(=O)CCSc1ccccc1Cl. The number of nitrogens with one attached hydrogen (secondary N) is 1. The van der Waals surface area contributed by atoms with Crippen LogP contribution in [0.2, 0.25) is 5.02 Å². The Bertz CT molecular complexity index is 382. The molecule has 0 atom stereocenters. The van der Waals surface area contributed by atoms with Crippen molar-refractivity contribution in [1.82, 2.24) is 5.32 Å². The molecule has 0 aliphatic carbocycles. The number of hydrogen-bond acceptors (Lipinski definition) is 2. The second kappa shape index (κ2) is 8.44. The molecule has 1 N–H and O–H groups in total. The highest BCUT2D eigenvalue weighted by molar-refractivity contribution is 7.99. The van der Waals surface area contributed by atoms with Crippen molar-refractivity contribution in [2.45, 2.75) is 31.6 Å². The maximum absolute atomic E-state index is 11.5. The van der Waals surface area contributed by atoms with Crippen LogP contribution in [0.3, 0.4) is 0 Å². The van der Waals surface area contributed by atoms with E-state index in [2.05, 4.69) is 19.2 Å². The molecule has 100 valence electrons. The van der Waals surface area contributed by atoms with Crippen LogP contribution in [0.1, 0.15) is 26.7 Å². The van der Waals surface area contributed by atoms with Crippen LogP contribution in [0, 0.1) is 5.92 Å². The number of rotatable bonds is 7. The summed E-state index contributed by atoms with van der Waals surface area (Å²) in [6.45, 7) is 5.08. The van der Waals surface area contributed by atoms with E-state index in [1.54, 1.807) is 11.8 Å². The van der Waals surface area contributed by atoms with E-state index in [0.717, 1.165) is 28.6 Å². The molecule has 0 heterocycles. The minimum Gasteiger partial charge on any atom is -0.356 e. The number of hydrogen-bond donors (Lipinski definition) is 1. The Kier molecular flexibility index (Phi) is 7.21. The van der Waals surface area contributed by atoms with Gasteiger partial charge in [-0.25, -0.2) is 0 Å². The second-order valence-electron chi connectivity index (χ2n) is 4.56. The summed E-state index contributed by atoms with van der Waals surface area (Å²) < 4.78 is 0. The van der Waals surface area contributed by atoms with Crippen molar-refractivity contribution in [3.8, 4) is 0 Å². The fourth-order valence-corrected chi connectivity index (χ4v) is 2.59. The Labute approximate surface area is 118 Å². The first kappa shape index (κ1) is 15.4. The molecule has 4 heteroatoms. The first-order valence-corrected chi connectivity index (χ1v) is 7.60. The van der Waals surface area contributed by atoms with Crippen molar-refractivity contribution >= 4 is 29.3 Å². The fourth-order valence-electron chi connectivity index (χ4n) is 1.40. The van der Waals surface area contributed by atoms with Gasteiger partial charge in [-0.3, -0.25) is 4.79 Å². The molecule has 1 aromatic rings. The molecular weight excluding hydrogens is 266 g/mol. The Morgan fingerprint density at radius 1 is 1.39 bits per heavy atom. The molecule has 18 heavy (non-hydrogen) atoms. The van der Waals surface area contributed by atoms with E-state index < -0.39 is 0 Å². The zero-order chi connectivity index (χ0) is 13.4. The topological polar surface area (TPSA) is 29.1 Å². The molecule has 0 aliphatic heterocycles. The van der Waals surface area contributed by atoms with Crippen LogP contribution in [0.25, 0.3) is 0 Å². The predicted molar refractivity (Wildman–Crippen MR) is 79.3 cm³/mol. The van der Waals surface area contributed by atoms with E-state index in [0.29, 0.717) is 12.3 Å². The smallest absolute Gasteiger partial charge is 0.220 e. The van der Waals surface area contributed by atoms with E-state index in [-0.39, 0.29) is 5.91 Å². The second-order valence-corrected chi connectivity index (χ2v) is 6.11. The van der Waals surface area contributed by atoms with E-state index in [4.69, 9.17) is 11.6 Å². The third-order valence-electron chi connectivity index (χ3n) is 2.47. The summed E-state index contributed by atoms with van der Waals surface area (Å²) in [4.78, 5) is 12.6.